The van der Waals surface area contributed by atoms with E-state index in [-0.39, 0.29) is 0 Å². The van der Waals surface area contributed by atoms with Gasteiger partial charge in [0.05, 0.1) is 21.3 Å². The normalized spacial score (nSPS) is 11.0. The lowest BCUT2D eigenvalue weighted by molar-refractivity contribution is 0.921. The van der Waals surface area contributed by atoms with E-state index in [9.17, 15) is 0 Å². The summed E-state index contributed by atoms with van der Waals surface area (Å²) in [5, 5.41) is 5.51. The predicted molar refractivity (Wildman–Crippen MR) is 97.4 cm³/mol. The second-order valence-electron chi connectivity index (χ2n) is 5.12. The fourth-order valence-electron chi connectivity index (χ4n) is 2.36. The summed E-state index contributed by atoms with van der Waals surface area (Å²) in [6.45, 7) is 2.87. The smallest absolute Gasteiger partial charge is 0.113 e. The summed E-state index contributed by atoms with van der Waals surface area (Å²) < 4.78 is 1.06. The Hall–Kier alpha value is -1.29. The number of nitrogens with one attached hydrogen (secondary N) is 1. The zero-order valence-electron chi connectivity index (χ0n) is 12.2. The molecular formula is C17H16Cl2N2S. The molecule has 5 heteroatoms. The van der Waals surface area contributed by atoms with E-state index < -0.39 is 0 Å². The first-order chi connectivity index (χ1) is 10.7. The Kier molecular flexibility index (Phi) is 4.87. The summed E-state index contributed by atoms with van der Waals surface area (Å²) in [5.41, 5.74) is 3.26. The minimum atomic E-state index is 0.534. The average molecular weight is 351 g/mol. The van der Waals surface area contributed by atoms with Gasteiger partial charge in [-0.3, -0.25) is 0 Å². The van der Waals surface area contributed by atoms with Gasteiger partial charge in [0.15, 0.2) is 0 Å². The number of aromatic nitrogens is 1. The Labute approximate surface area is 144 Å². The molecule has 0 atom stereocenters. The Morgan fingerprint density at radius 2 is 2.05 bits per heavy atom. The van der Waals surface area contributed by atoms with Crippen LogP contribution in [0.5, 0.6) is 0 Å². The number of halogens is 2. The minimum Gasteiger partial charge on any atom is -0.379 e. The van der Waals surface area contributed by atoms with Crippen molar-refractivity contribution < 1.29 is 0 Å². The van der Waals surface area contributed by atoms with Crippen LogP contribution in [0.2, 0.25) is 10.0 Å². The van der Waals surface area contributed by atoms with Gasteiger partial charge in [0, 0.05) is 5.69 Å². The maximum atomic E-state index is 6.20. The molecule has 0 spiro atoms. The highest BCUT2D eigenvalue weighted by Gasteiger charge is 2.10. The van der Waals surface area contributed by atoms with Crippen molar-refractivity contribution in [2.24, 2.45) is 0 Å². The van der Waals surface area contributed by atoms with Gasteiger partial charge in [-0.05, 0) is 36.2 Å². The summed E-state index contributed by atoms with van der Waals surface area (Å²) in [7, 11) is 0. The molecule has 0 saturated heterocycles. The van der Waals surface area contributed by atoms with Crippen molar-refractivity contribution in [2.45, 2.75) is 26.3 Å². The molecule has 3 aromatic rings. The Bertz CT molecular complexity index is 798. The van der Waals surface area contributed by atoms with E-state index in [0.29, 0.717) is 16.6 Å². The molecule has 0 radical (unpaired) electrons. The number of thiazole rings is 1. The Morgan fingerprint density at radius 3 is 2.86 bits per heavy atom. The first-order valence-corrected chi connectivity index (χ1v) is 8.81. The molecule has 2 aromatic carbocycles. The summed E-state index contributed by atoms with van der Waals surface area (Å²) in [6.07, 6.45) is 2.26. The van der Waals surface area contributed by atoms with Crippen LogP contribution in [-0.2, 0) is 13.0 Å². The molecule has 0 aliphatic heterocycles. The largest absolute Gasteiger partial charge is 0.379 e. The topological polar surface area (TPSA) is 24.9 Å². The Morgan fingerprint density at radius 1 is 1.18 bits per heavy atom. The molecule has 1 N–H and O–H groups in total. The van der Waals surface area contributed by atoms with Crippen LogP contribution in [0, 0.1) is 0 Å². The summed E-state index contributed by atoms with van der Waals surface area (Å²) >= 11 is 13.9. The molecule has 3 rings (SSSR count). The summed E-state index contributed by atoms with van der Waals surface area (Å²) in [6, 6.07) is 12.3. The highest BCUT2D eigenvalue weighted by Crippen LogP contribution is 2.33. The number of aryl methyl sites for hydroxylation is 1. The van der Waals surface area contributed by atoms with Gasteiger partial charge >= 0.3 is 0 Å². The molecule has 0 amide bonds. The van der Waals surface area contributed by atoms with Crippen LogP contribution in [0.15, 0.2) is 36.4 Å². The van der Waals surface area contributed by atoms with E-state index in [1.807, 2.05) is 12.1 Å². The number of benzene rings is 2. The van der Waals surface area contributed by atoms with Crippen LogP contribution in [0.1, 0.15) is 23.9 Å². The molecule has 0 fully saturated rings. The second kappa shape index (κ2) is 6.86. The standard InChI is InChI=1S/C17H16Cl2N2S/c1-2-4-11-5-3-6-12(9-11)20-10-15-21-17-14(22-15)8-7-13(18)16(17)19/h3,5-9,20H,2,4,10H2,1H3. The van der Waals surface area contributed by atoms with Gasteiger partial charge in [0.1, 0.15) is 10.5 Å². The predicted octanol–water partition coefficient (Wildman–Crippen LogP) is 6.17. The second-order valence-corrected chi connectivity index (χ2v) is 7.02. The van der Waals surface area contributed by atoms with Crippen molar-refractivity contribution in [2.75, 3.05) is 5.32 Å². The fraction of sp³-hybridized carbons (Fsp3) is 0.235. The number of hydrogen-bond donors (Lipinski definition) is 1. The highest BCUT2D eigenvalue weighted by atomic mass is 35.5. The van der Waals surface area contributed by atoms with E-state index in [1.54, 1.807) is 11.3 Å². The lowest BCUT2D eigenvalue weighted by atomic mass is 10.1. The zero-order chi connectivity index (χ0) is 15.5. The van der Waals surface area contributed by atoms with E-state index >= 15 is 0 Å². The molecule has 0 aliphatic carbocycles. The van der Waals surface area contributed by atoms with Crippen molar-refractivity contribution in [3.8, 4) is 0 Å². The van der Waals surface area contributed by atoms with Crippen LogP contribution in [0.25, 0.3) is 10.2 Å². The van der Waals surface area contributed by atoms with Gasteiger partial charge in [-0.1, -0.05) is 48.7 Å². The third-order valence-corrected chi connectivity index (χ3v) is 5.22. The van der Waals surface area contributed by atoms with Crippen LogP contribution in [-0.4, -0.2) is 4.98 Å². The SMILES string of the molecule is CCCc1cccc(NCc2nc3c(Cl)c(Cl)ccc3s2)c1. The van der Waals surface area contributed by atoms with E-state index in [0.717, 1.165) is 33.8 Å². The van der Waals surface area contributed by atoms with Gasteiger partial charge < -0.3 is 5.32 Å². The third-order valence-electron chi connectivity index (χ3n) is 3.41. The maximum absolute atomic E-state index is 6.20. The summed E-state index contributed by atoms with van der Waals surface area (Å²) in [5.74, 6) is 0. The third kappa shape index (κ3) is 3.37. The van der Waals surface area contributed by atoms with Gasteiger partial charge in [-0.2, -0.15) is 0 Å². The average Bonchev–Trinajstić information content (AvgIpc) is 2.94. The molecule has 0 bridgehead atoms. The molecule has 1 heterocycles. The van der Waals surface area contributed by atoms with Crippen molar-refractivity contribution in [3.05, 3.63) is 57.0 Å². The molecule has 114 valence electrons. The molecule has 0 aliphatic rings. The zero-order valence-corrected chi connectivity index (χ0v) is 14.5. The van der Waals surface area contributed by atoms with Gasteiger partial charge in [0.2, 0.25) is 0 Å². The number of fused-ring (bicyclic) bond motifs is 1. The summed E-state index contributed by atoms with van der Waals surface area (Å²) in [4.78, 5) is 4.59. The monoisotopic (exact) mass is 350 g/mol. The molecular weight excluding hydrogens is 335 g/mol. The molecule has 2 nitrogen and oxygen atoms in total. The van der Waals surface area contributed by atoms with Crippen molar-refractivity contribution in [3.63, 3.8) is 0 Å². The molecule has 22 heavy (non-hydrogen) atoms. The van der Waals surface area contributed by atoms with Gasteiger partial charge in [0.25, 0.3) is 0 Å². The van der Waals surface area contributed by atoms with Gasteiger partial charge in [-0.25, -0.2) is 4.98 Å². The molecule has 1 aromatic heterocycles. The molecule has 0 saturated carbocycles. The van der Waals surface area contributed by atoms with Crippen LogP contribution in [0.3, 0.4) is 0 Å². The quantitative estimate of drug-likeness (QED) is 0.595. The lowest BCUT2D eigenvalue weighted by Gasteiger charge is -2.06. The maximum Gasteiger partial charge on any atom is 0.113 e. The Balaban J connectivity index is 1.76. The number of nitrogens with zero attached hydrogens (tertiary/aromatic N) is 1. The van der Waals surface area contributed by atoms with Crippen molar-refractivity contribution >= 4 is 50.4 Å². The first kappa shape index (κ1) is 15.6. The van der Waals surface area contributed by atoms with Crippen LogP contribution < -0.4 is 5.32 Å². The number of hydrogen-bond acceptors (Lipinski definition) is 3. The molecule has 0 unspecified atom stereocenters. The van der Waals surface area contributed by atoms with Crippen molar-refractivity contribution in [1.29, 1.82) is 0 Å². The highest BCUT2D eigenvalue weighted by molar-refractivity contribution is 7.18. The van der Waals surface area contributed by atoms with E-state index in [4.69, 9.17) is 23.2 Å². The van der Waals surface area contributed by atoms with Crippen LogP contribution >= 0.6 is 34.5 Å². The van der Waals surface area contributed by atoms with E-state index in [2.05, 4.69) is 41.5 Å². The van der Waals surface area contributed by atoms with Crippen LogP contribution in [0.4, 0.5) is 5.69 Å². The van der Waals surface area contributed by atoms with E-state index in [1.165, 1.54) is 5.56 Å². The van der Waals surface area contributed by atoms with Gasteiger partial charge in [-0.15, -0.1) is 11.3 Å². The minimum absolute atomic E-state index is 0.534. The lowest BCUT2D eigenvalue weighted by Crippen LogP contribution is -1.99. The number of anilines is 1. The number of rotatable bonds is 5. The fourth-order valence-corrected chi connectivity index (χ4v) is 3.69. The van der Waals surface area contributed by atoms with Crippen molar-refractivity contribution in [1.82, 2.24) is 4.98 Å². The first-order valence-electron chi connectivity index (χ1n) is 7.23.